The summed E-state index contributed by atoms with van der Waals surface area (Å²) in [6.07, 6.45) is 0. The van der Waals surface area contributed by atoms with Gasteiger partial charge in [-0.3, -0.25) is 0 Å². The van der Waals surface area contributed by atoms with Crippen LogP contribution >= 0.6 is 11.3 Å². The molecule has 0 unspecified atom stereocenters. The predicted octanol–water partition coefficient (Wildman–Crippen LogP) is 5.78. The quantitative estimate of drug-likeness (QED) is 0.351. The minimum absolute atomic E-state index is 0.228. The minimum Gasteiger partial charge on any atom is -0.471 e. The number of pyridine rings is 1. The summed E-state index contributed by atoms with van der Waals surface area (Å²) >= 11 is 1.57. The molecule has 8 heteroatoms. The van der Waals surface area contributed by atoms with Crippen molar-refractivity contribution in [2.24, 2.45) is 0 Å². The number of hydrogen-bond acceptors (Lipinski definition) is 6. The van der Waals surface area contributed by atoms with Crippen molar-refractivity contribution in [3.05, 3.63) is 76.4 Å². The Morgan fingerprint density at radius 3 is 2.74 bits per heavy atom. The minimum atomic E-state index is -0.328. The zero-order valence-corrected chi connectivity index (χ0v) is 18.0. The van der Waals surface area contributed by atoms with Gasteiger partial charge in [0.15, 0.2) is 5.65 Å². The average Bonchev–Trinajstić information content (AvgIpc) is 3.46. The van der Waals surface area contributed by atoms with E-state index in [1.54, 1.807) is 28.2 Å². The van der Waals surface area contributed by atoms with Crippen LogP contribution in [0.2, 0.25) is 0 Å². The zero-order chi connectivity index (χ0) is 21.5. The Balaban J connectivity index is 1.48. The molecule has 5 rings (SSSR count). The molecule has 0 bridgehead atoms. The van der Waals surface area contributed by atoms with Gasteiger partial charge in [-0.2, -0.15) is 10.1 Å². The zero-order valence-electron chi connectivity index (χ0n) is 17.2. The van der Waals surface area contributed by atoms with Gasteiger partial charge in [-0.1, -0.05) is 12.1 Å². The van der Waals surface area contributed by atoms with Crippen molar-refractivity contribution >= 4 is 22.4 Å². The number of nitrogens with zero attached hydrogens (tertiary/aromatic N) is 4. The monoisotopic (exact) mass is 434 g/mol. The van der Waals surface area contributed by atoms with Crippen molar-refractivity contribution in [2.75, 3.05) is 0 Å². The summed E-state index contributed by atoms with van der Waals surface area (Å²) in [7, 11) is 0. The van der Waals surface area contributed by atoms with Gasteiger partial charge in [0.05, 0.1) is 16.3 Å². The number of benzene rings is 1. The molecule has 4 aromatic heterocycles. The first-order valence-corrected chi connectivity index (χ1v) is 10.6. The lowest BCUT2D eigenvalue weighted by molar-refractivity contribution is 0.288. The second-order valence-corrected chi connectivity index (χ2v) is 8.19. The molecule has 0 saturated heterocycles. The number of halogens is 1. The van der Waals surface area contributed by atoms with Crippen molar-refractivity contribution in [3.8, 4) is 22.3 Å². The summed E-state index contributed by atoms with van der Waals surface area (Å²) in [6.45, 7) is 5.99. The number of oxazole rings is 1. The normalized spacial score (nSPS) is 11.4. The molecule has 0 aliphatic rings. The Morgan fingerprint density at radius 1 is 1.10 bits per heavy atom. The third kappa shape index (κ3) is 3.59. The van der Waals surface area contributed by atoms with E-state index >= 15 is 0 Å². The highest BCUT2D eigenvalue weighted by atomic mass is 32.1. The highest BCUT2D eigenvalue weighted by molar-refractivity contribution is 7.13. The Kier molecular flexibility index (Phi) is 4.78. The van der Waals surface area contributed by atoms with Crippen LogP contribution in [0, 0.1) is 26.6 Å². The lowest BCUT2D eigenvalue weighted by Crippen LogP contribution is -2.02. The fourth-order valence-corrected chi connectivity index (χ4v) is 4.19. The van der Waals surface area contributed by atoms with Crippen molar-refractivity contribution in [3.63, 3.8) is 0 Å². The maximum absolute atomic E-state index is 13.8. The summed E-state index contributed by atoms with van der Waals surface area (Å²) < 4.78 is 27.2. The van der Waals surface area contributed by atoms with Crippen molar-refractivity contribution in [1.29, 1.82) is 0 Å². The van der Waals surface area contributed by atoms with Crippen LogP contribution in [-0.2, 0) is 6.61 Å². The molecule has 0 aliphatic carbocycles. The summed E-state index contributed by atoms with van der Waals surface area (Å²) in [4.78, 5) is 10.2. The summed E-state index contributed by atoms with van der Waals surface area (Å²) in [6, 6.07) is 12.1. The topological polar surface area (TPSA) is 66.0 Å². The molecule has 0 spiro atoms. The van der Waals surface area contributed by atoms with Gasteiger partial charge in [-0.25, -0.2) is 14.1 Å². The molecule has 0 aliphatic heterocycles. The highest BCUT2D eigenvalue weighted by Crippen LogP contribution is 2.29. The molecular weight excluding hydrogens is 415 g/mol. The van der Waals surface area contributed by atoms with Gasteiger partial charge in [0.1, 0.15) is 23.9 Å². The average molecular weight is 434 g/mol. The molecular formula is C23H19FN4O2S. The third-order valence-electron chi connectivity index (χ3n) is 5.02. The molecule has 0 radical (unpaired) electrons. The highest BCUT2D eigenvalue weighted by Gasteiger charge is 2.17. The van der Waals surface area contributed by atoms with E-state index in [0.717, 1.165) is 27.2 Å². The molecule has 0 N–H and O–H groups in total. The van der Waals surface area contributed by atoms with Crippen molar-refractivity contribution < 1.29 is 13.5 Å². The molecule has 5 aromatic rings. The molecule has 4 heterocycles. The molecule has 156 valence electrons. The second kappa shape index (κ2) is 7.63. The smallest absolute Gasteiger partial charge is 0.236 e. The molecule has 0 saturated carbocycles. The van der Waals surface area contributed by atoms with Crippen LogP contribution in [0.25, 0.3) is 27.5 Å². The first-order valence-electron chi connectivity index (χ1n) is 9.75. The van der Waals surface area contributed by atoms with Crippen LogP contribution in [0.3, 0.4) is 0 Å². The number of rotatable bonds is 5. The third-order valence-corrected chi connectivity index (χ3v) is 5.88. The van der Waals surface area contributed by atoms with E-state index in [9.17, 15) is 4.39 Å². The van der Waals surface area contributed by atoms with Crippen LogP contribution in [-0.4, -0.2) is 19.7 Å². The SMILES string of the molecule is Cc1oc(-c2cccs2)nc1COc1cc(C)c2c(C)nn(-c3cccc(F)c3)c2n1. The number of hydrogen-bond donors (Lipinski definition) is 0. The fraction of sp³-hybridized carbons (Fsp3) is 0.174. The molecule has 0 amide bonds. The summed E-state index contributed by atoms with van der Waals surface area (Å²) in [5.74, 6) is 1.42. The van der Waals surface area contributed by atoms with Gasteiger partial charge < -0.3 is 9.15 Å². The standard InChI is InChI=1S/C23H19FN4O2S/c1-13-10-20(29-12-18-15(3)30-23(25-18)19-8-5-9-31-19)26-22-21(13)14(2)27-28(22)17-7-4-6-16(24)11-17/h4-11H,12H2,1-3H3. The van der Waals surface area contributed by atoms with Gasteiger partial charge in [0, 0.05) is 11.5 Å². The first-order chi connectivity index (χ1) is 15.0. The van der Waals surface area contributed by atoms with E-state index in [0.29, 0.717) is 28.9 Å². The lowest BCUT2D eigenvalue weighted by Gasteiger charge is -2.08. The lowest BCUT2D eigenvalue weighted by atomic mass is 10.2. The van der Waals surface area contributed by atoms with E-state index < -0.39 is 0 Å². The molecule has 6 nitrogen and oxygen atoms in total. The molecule has 31 heavy (non-hydrogen) atoms. The Labute approximate surface area is 182 Å². The maximum Gasteiger partial charge on any atom is 0.236 e. The largest absolute Gasteiger partial charge is 0.471 e. The van der Waals surface area contributed by atoms with E-state index in [1.165, 1.54) is 12.1 Å². The molecule has 1 aromatic carbocycles. The van der Waals surface area contributed by atoms with Crippen LogP contribution in [0.4, 0.5) is 4.39 Å². The van der Waals surface area contributed by atoms with Gasteiger partial charge in [-0.05, 0) is 56.0 Å². The summed E-state index contributed by atoms with van der Waals surface area (Å²) in [5.41, 5.74) is 3.75. The number of fused-ring (bicyclic) bond motifs is 1. The molecule has 0 atom stereocenters. The van der Waals surface area contributed by atoms with E-state index in [1.807, 2.05) is 44.4 Å². The summed E-state index contributed by atoms with van der Waals surface area (Å²) in [5, 5.41) is 7.48. The van der Waals surface area contributed by atoms with Crippen LogP contribution in [0.15, 0.2) is 52.3 Å². The van der Waals surface area contributed by atoms with Crippen molar-refractivity contribution in [1.82, 2.24) is 19.7 Å². The number of thiophene rings is 1. The Hall–Kier alpha value is -3.52. The Bertz CT molecular complexity index is 1390. The number of aryl methyl sites for hydroxylation is 3. The second-order valence-electron chi connectivity index (χ2n) is 7.24. The van der Waals surface area contributed by atoms with E-state index in [-0.39, 0.29) is 12.4 Å². The van der Waals surface area contributed by atoms with Gasteiger partial charge in [-0.15, -0.1) is 11.3 Å². The van der Waals surface area contributed by atoms with Gasteiger partial charge in [0.2, 0.25) is 11.8 Å². The van der Waals surface area contributed by atoms with E-state index in [2.05, 4.69) is 15.1 Å². The van der Waals surface area contributed by atoms with Crippen LogP contribution in [0.1, 0.15) is 22.7 Å². The van der Waals surface area contributed by atoms with Gasteiger partial charge in [0.25, 0.3) is 0 Å². The Morgan fingerprint density at radius 2 is 1.97 bits per heavy atom. The van der Waals surface area contributed by atoms with Gasteiger partial charge >= 0.3 is 0 Å². The first kappa shape index (κ1) is 19.4. The maximum atomic E-state index is 13.8. The van der Waals surface area contributed by atoms with Crippen LogP contribution in [0.5, 0.6) is 5.88 Å². The number of ether oxygens (including phenoxy) is 1. The van der Waals surface area contributed by atoms with Crippen molar-refractivity contribution in [2.45, 2.75) is 27.4 Å². The van der Waals surface area contributed by atoms with Crippen LogP contribution < -0.4 is 4.74 Å². The predicted molar refractivity (Wildman–Crippen MR) is 117 cm³/mol. The van der Waals surface area contributed by atoms with E-state index in [4.69, 9.17) is 9.15 Å². The number of aromatic nitrogens is 4. The molecule has 0 fully saturated rings. The fourth-order valence-electron chi connectivity index (χ4n) is 3.55.